The van der Waals surface area contributed by atoms with Crippen LogP contribution in [0.4, 0.5) is 5.69 Å². The minimum absolute atomic E-state index is 0.499. The number of aromatic nitrogens is 2. The molecule has 0 spiro atoms. The van der Waals surface area contributed by atoms with Gasteiger partial charge in [-0.1, -0.05) is 17.7 Å². The fraction of sp³-hybridized carbons (Fsp3) is 0.125. The van der Waals surface area contributed by atoms with Crippen LogP contribution in [-0.2, 0) is 0 Å². The molecular formula is C16H14ClN3O. The van der Waals surface area contributed by atoms with E-state index in [-0.39, 0.29) is 0 Å². The predicted molar refractivity (Wildman–Crippen MR) is 85.3 cm³/mol. The Morgan fingerprint density at radius 1 is 1.10 bits per heavy atom. The van der Waals surface area contributed by atoms with E-state index in [0.717, 1.165) is 22.2 Å². The summed E-state index contributed by atoms with van der Waals surface area (Å²) in [6, 6.07) is 11.5. The molecule has 5 heteroatoms. The van der Waals surface area contributed by atoms with Crippen molar-refractivity contribution < 1.29 is 4.74 Å². The van der Waals surface area contributed by atoms with E-state index in [0.29, 0.717) is 16.7 Å². The quantitative estimate of drug-likeness (QED) is 0.777. The van der Waals surface area contributed by atoms with Crippen molar-refractivity contribution in [2.45, 2.75) is 6.92 Å². The summed E-state index contributed by atoms with van der Waals surface area (Å²) in [7, 11) is 1.84. The molecule has 1 N–H and O–H groups in total. The molecule has 4 nitrogen and oxygen atoms in total. The maximum atomic E-state index is 6.23. The molecule has 21 heavy (non-hydrogen) atoms. The molecule has 0 unspecified atom stereocenters. The van der Waals surface area contributed by atoms with E-state index in [1.165, 1.54) is 6.33 Å². The van der Waals surface area contributed by atoms with Crippen LogP contribution in [0.5, 0.6) is 11.6 Å². The topological polar surface area (TPSA) is 47.0 Å². The van der Waals surface area contributed by atoms with Crippen LogP contribution in [-0.4, -0.2) is 17.0 Å². The first kappa shape index (κ1) is 13.6. The standard InChI is InChI=1S/C16H14ClN3O/c1-10-3-5-12-14(7-10)19-9-20-16(12)21-15-6-4-11(18-2)8-13(15)17/h3-9,18H,1-2H3. The summed E-state index contributed by atoms with van der Waals surface area (Å²) in [5.41, 5.74) is 2.92. The number of anilines is 1. The average molecular weight is 300 g/mol. The minimum atomic E-state index is 0.499. The number of benzene rings is 2. The fourth-order valence-electron chi connectivity index (χ4n) is 2.07. The second kappa shape index (κ2) is 5.58. The summed E-state index contributed by atoms with van der Waals surface area (Å²) in [5.74, 6) is 1.07. The SMILES string of the molecule is CNc1ccc(Oc2ncnc3cc(C)ccc23)c(Cl)c1. The Morgan fingerprint density at radius 3 is 2.71 bits per heavy atom. The van der Waals surface area contributed by atoms with Crippen molar-refractivity contribution >= 4 is 28.2 Å². The Hall–Kier alpha value is -2.33. The Kier molecular flexibility index (Phi) is 3.62. The Balaban J connectivity index is 2.02. The minimum Gasteiger partial charge on any atom is -0.437 e. The van der Waals surface area contributed by atoms with Gasteiger partial charge in [0.2, 0.25) is 5.88 Å². The number of nitrogens with one attached hydrogen (secondary N) is 1. The van der Waals surface area contributed by atoms with Crippen molar-refractivity contribution in [1.82, 2.24) is 9.97 Å². The first-order valence-electron chi connectivity index (χ1n) is 6.54. The Labute approximate surface area is 127 Å². The number of rotatable bonds is 3. The van der Waals surface area contributed by atoms with Crippen LogP contribution in [0.25, 0.3) is 10.9 Å². The Bertz CT molecular complexity index is 805. The molecule has 0 fully saturated rings. The molecule has 0 aliphatic rings. The summed E-state index contributed by atoms with van der Waals surface area (Å²) >= 11 is 6.23. The molecule has 0 atom stereocenters. The maximum Gasteiger partial charge on any atom is 0.230 e. The van der Waals surface area contributed by atoms with Gasteiger partial charge < -0.3 is 10.1 Å². The van der Waals surface area contributed by atoms with Crippen molar-refractivity contribution in [3.05, 3.63) is 53.3 Å². The lowest BCUT2D eigenvalue weighted by Gasteiger charge is -2.10. The molecule has 0 aliphatic heterocycles. The van der Waals surface area contributed by atoms with Crippen LogP contribution in [0.1, 0.15) is 5.56 Å². The third kappa shape index (κ3) is 2.76. The molecule has 0 bridgehead atoms. The van der Waals surface area contributed by atoms with Crippen LogP contribution < -0.4 is 10.1 Å². The van der Waals surface area contributed by atoms with Crippen LogP contribution in [0.3, 0.4) is 0 Å². The smallest absolute Gasteiger partial charge is 0.230 e. The van der Waals surface area contributed by atoms with Gasteiger partial charge in [-0.3, -0.25) is 0 Å². The molecule has 0 saturated carbocycles. The Morgan fingerprint density at radius 2 is 1.95 bits per heavy atom. The molecule has 0 radical (unpaired) electrons. The molecule has 106 valence electrons. The summed E-state index contributed by atoms with van der Waals surface area (Å²) in [6.45, 7) is 2.02. The summed E-state index contributed by atoms with van der Waals surface area (Å²) in [5, 5.41) is 4.42. The number of aryl methyl sites for hydroxylation is 1. The van der Waals surface area contributed by atoms with Crippen LogP contribution >= 0.6 is 11.6 Å². The fourth-order valence-corrected chi connectivity index (χ4v) is 2.29. The normalized spacial score (nSPS) is 10.6. The zero-order valence-corrected chi connectivity index (χ0v) is 12.5. The van der Waals surface area contributed by atoms with Crippen molar-refractivity contribution in [2.75, 3.05) is 12.4 Å². The van der Waals surface area contributed by atoms with Gasteiger partial charge in [-0.05, 0) is 42.8 Å². The molecular weight excluding hydrogens is 286 g/mol. The zero-order valence-electron chi connectivity index (χ0n) is 11.7. The van der Waals surface area contributed by atoms with Gasteiger partial charge in [-0.25, -0.2) is 9.97 Å². The van der Waals surface area contributed by atoms with E-state index in [4.69, 9.17) is 16.3 Å². The second-order valence-electron chi connectivity index (χ2n) is 4.70. The highest BCUT2D eigenvalue weighted by Gasteiger charge is 2.09. The van der Waals surface area contributed by atoms with Crippen LogP contribution in [0, 0.1) is 6.92 Å². The average Bonchev–Trinajstić information content (AvgIpc) is 2.49. The van der Waals surface area contributed by atoms with Gasteiger partial charge in [0.25, 0.3) is 0 Å². The van der Waals surface area contributed by atoms with Crippen molar-refractivity contribution in [2.24, 2.45) is 0 Å². The lowest BCUT2D eigenvalue weighted by atomic mass is 10.2. The number of halogens is 1. The van der Waals surface area contributed by atoms with Gasteiger partial charge in [0.15, 0.2) is 0 Å². The van der Waals surface area contributed by atoms with E-state index in [2.05, 4.69) is 15.3 Å². The zero-order chi connectivity index (χ0) is 14.8. The molecule has 3 aromatic rings. The number of fused-ring (bicyclic) bond motifs is 1. The third-order valence-corrected chi connectivity index (χ3v) is 3.48. The second-order valence-corrected chi connectivity index (χ2v) is 5.10. The van der Waals surface area contributed by atoms with Crippen molar-refractivity contribution in [1.29, 1.82) is 0 Å². The number of ether oxygens (including phenoxy) is 1. The molecule has 2 aromatic carbocycles. The molecule has 0 aliphatic carbocycles. The highest BCUT2D eigenvalue weighted by molar-refractivity contribution is 6.32. The maximum absolute atomic E-state index is 6.23. The molecule has 3 rings (SSSR count). The lowest BCUT2D eigenvalue weighted by molar-refractivity contribution is 0.468. The van der Waals surface area contributed by atoms with Gasteiger partial charge in [0, 0.05) is 12.7 Å². The number of hydrogen-bond donors (Lipinski definition) is 1. The van der Waals surface area contributed by atoms with Gasteiger partial charge in [0.05, 0.1) is 15.9 Å². The summed E-state index contributed by atoms with van der Waals surface area (Å²) in [6.07, 6.45) is 1.49. The molecule has 1 aromatic heterocycles. The predicted octanol–water partition coefficient (Wildman–Crippen LogP) is 4.43. The van der Waals surface area contributed by atoms with E-state index < -0.39 is 0 Å². The summed E-state index contributed by atoms with van der Waals surface area (Å²) < 4.78 is 5.85. The number of nitrogens with zero attached hydrogens (tertiary/aromatic N) is 2. The van der Waals surface area contributed by atoms with E-state index in [1.807, 2.05) is 50.4 Å². The van der Waals surface area contributed by atoms with E-state index in [1.54, 1.807) is 0 Å². The lowest BCUT2D eigenvalue weighted by Crippen LogP contribution is -1.93. The monoisotopic (exact) mass is 299 g/mol. The van der Waals surface area contributed by atoms with E-state index >= 15 is 0 Å². The first-order chi connectivity index (χ1) is 10.2. The van der Waals surface area contributed by atoms with Gasteiger partial charge in [-0.15, -0.1) is 0 Å². The van der Waals surface area contributed by atoms with Gasteiger partial charge in [-0.2, -0.15) is 0 Å². The molecule has 0 amide bonds. The van der Waals surface area contributed by atoms with E-state index in [9.17, 15) is 0 Å². The van der Waals surface area contributed by atoms with Crippen LogP contribution in [0.2, 0.25) is 5.02 Å². The first-order valence-corrected chi connectivity index (χ1v) is 6.91. The van der Waals surface area contributed by atoms with Crippen LogP contribution in [0.15, 0.2) is 42.7 Å². The number of hydrogen-bond acceptors (Lipinski definition) is 4. The van der Waals surface area contributed by atoms with Gasteiger partial charge >= 0.3 is 0 Å². The summed E-state index contributed by atoms with van der Waals surface area (Å²) in [4.78, 5) is 8.47. The van der Waals surface area contributed by atoms with Crippen molar-refractivity contribution in [3.8, 4) is 11.6 Å². The highest BCUT2D eigenvalue weighted by Crippen LogP contribution is 2.33. The molecule has 0 saturated heterocycles. The highest BCUT2D eigenvalue weighted by atomic mass is 35.5. The van der Waals surface area contributed by atoms with Crippen molar-refractivity contribution in [3.63, 3.8) is 0 Å². The van der Waals surface area contributed by atoms with Gasteiger partial charge in [0.1, 0.15) is 12.1 Å². The third-order valence-electron chi connectivity index (χ3n) is 3.18. The molecule has 1 heterocycles. The largest absolute Gasteiger partial charge is 0.437 e.